The molecule has 0 aromatic heterocycles. The Balaban J connectivity index is 1.66. The number of ether oxygens (including phenoxy) is 2. The van der Waals surface area contributed by atoms with Gasteiger partial charge in [0, 0.05) is 17.8 Å². The molecule has 0 fully saturated rings. The van der Waals surface area contributed by atoms with E-state index < -0.39 is 0 Å². The van der Waals surface area contributed by atoms with Crippen molar-refractivity contribution in [3.63, 3.8) is 0 Å². The van der Waals surface area contributed by atoms with Crippen LogP contribution < -0.4 is 14.8 Å². The summed E-state index contributed by atoms with van der Waals surface area (Å²) in [7, 11) is 0. The summed E-state index contributed by atoms with van der Waals surface area (Å²) in [6.07, 6.45) is 2.89. The minimum atomic E-state index is -0.340. The van der Waals surface area contributed by atoms with Crippen LogP contribution in [0, 0.1) is 5.82 Å². The summed E-state index contributed by atoms with van der Waals surface area (Å²) in [5.41, 5.74) is 1.23. The lowest BCUT2D eigenvalue weighted by atomic mass is 10.2. The van der Waals surface area contributed by atoms with E-state index in [0.29, 0.717) is 22.7 Å². The molecule has 0 unspecified atom stereocenters. The molecular weight excluding hydrogens is 273 g/mol. The van der Waals surface area contributed by atoms with Crippen molar-refractivity contribution in [1.29, 1.82) is 0 Å². The smallest absolute Gasteiger partial charge is 0.248 e. The fourth-order valence-electron chi connectivity index (χ4n) is 1.94. The second-order valence-corrected chi connectivity index (χ2v) is 4.45. The first kappa shape index (κ1) is 13.2. The largest absolute Gasteiger partial charge is 0.454 e. The Hall–Kier alpha value is -2.82. The van der Waals surface area contributed by atoms with E-state index in [9.17, 15) is 9.18 Å². The molecule has 0 atom stereocenters. The van der Waals surface area contributed by atoms with Gasteiger partial charge in [0.15, 0.2) is 11.5 Å². The third-order valence-corrected chi connectivity index (χ3v) is 2.92. The first-order chi connectivity index (χ1) is 10.2. The molecule has 0 saturated heterocycles. The van der Waals surface area contributed by atoms with Crippen LogP contribution in [0.1, 0.15) is 5.56 Å². The summed E-state index contributed by atoms with van der Waals surface area (Å²) in [6.45, 7) is 0.187. The van der Waals surface area contributed by atoms with E-state index in [1.165, 1.54) is 18.2 Å². The minimum Gasteiger partial charge on any atom is -0.454 e. The lowest BCUT2D eigenvalue weighted by molar-refractivity contribution is -0.111. The van der Waals surface area contributed by atoms with E-state index in [2.05, 4.69) is 5.32 Å². The molecule has 1 amide bonds. The van der Waals surface area contributed by atoms with E-state index in [1.807, 2.05) is 0 Å². The highest BCUT2D eigenvalue weighted by Crippen LogP contribution is 2.34. The second kappa shape index (κ2) is 5.66. The summed E-state index contributed by atoms with van der Waals surface area (Å²) in [5, 5.41) is 2.70. The summed E-state index contributed by atoms with van der Waals surface area (Å²) in [4.78, 5) is 11.8. The number of benzene rings is 2. The van der Waals surface area contributed by atoms with Crippen LogP contribution in [0.25, 0.3) is 6.08 Å². The number of nitrogens with one attached hydrogen (secondary N) is 1. The van der Waals surface area contributed by atoms with E-state index >= 15 is 0 Å². The van der Waals surface area contributed by atoms with Crippen molar-refractivity contribution in [2.75, 3.05) is 12.1 Å². The van der Waals surface area contributed by atoms with Crippen molar-refractivity contribution in [3.05, 3.63) is 59.9 Å². The summed E-state index contributed by atoms with van der Waals surface area (Å²) in [5.74, 6) is 0.608. The molecule has 0 spiro atoms. The zero-order valence-corrected chi connectivity index (χ0v) is 11.0. The van der Waals surface area contributed by atoms with Gasteiger partial charge in [-0.3, -0.25) is 4.79 Å². The highest BCUT2D eigenvalue weighted by molar-refractivity contribution is 6.02. The van der Waals surface area contributed by atoms with E-state index in [0.717, 1.165) is 0 Å². The SMILES string of the molecule is O=C(C=Cc1cccc(F)c1)Nc1ccc2c(c1)OCO2. The van der Waals surface area contributed by atoms with Gasteiger partial charge < -0.3 is 14.8 Å². The minimum absolute atomic E-state index is 0.187. The molecule has 1 N–H and O–H groups in total. The van der Waals surface area contributed by atoms with Gasteiger partial charge in [0.05, 0.1) is 0 Å². The highest BCUT2D eigenvalue weighted by atomic mass is 19.1. The maximum absolute atomic E-state index is 13.0. The number of amides is 1. The lowest BCUT2D eigenvalue weighted by Gasteiger charge is -2.03. The van der Waals surface area contributed by atoms with Crippen molar-refractivity contribution >= 4 is 17.7 Å². The molecule has 2 aromatic carbocycles. The van der Waals surface area contributed by atoms with E-state index in [-0.39, 0.29) is 18.5 Å². The molecule has 1 heterocycles. The summed E-state index contributed by atoms with van der Waals surface area (Å²) in [6, 6.07) is 11.2. The van der Waals surface area contributed by atoms with Gasteiger partial charge in [0.1, 0.15) is 5.82 Å². The van der Waals surface area contributed by atoms with Crippen LogP contribution in [0.4, 0.5) is 10.1 Å². The number of rotatable bonds is 3. The van der Waals surface area contributed by atoms with Crippen LogP contribution in [0.3, 0.4) is 0 Å². The summed E-state index contributed by atoms with van der Waals surface area (Å²) >= 11 is 0. The van der Waals surface area contributed by atoms with Gasteiger partial charge in [-0.05, 0) is 35.9 Å². The van der Waals surface area contributed by atoms with Crippen LogP contribution in [0.15, 0.2) is 48.5 Å². The van der Waals surface area contributed by atoms with Crippen LogP contribution in [0.2, 0.25) is 0 Å². The number of hydrogen-bond donors (Lipinski definition) is 1. The van der Waals surface area contributed by atoms with Crippen molar-refractivity contribution < 1.29 is 18.7 Å². The Morgan fingerprint density at radius 2 is 2.00 bits per heavy atom. The molecule has 21 heavy (non-hydrogen) atoms. The Morgan fingerprint density at radius 3 is 2.86 bits per heavy atom. The molecule has 0 aliphatic carbocycles. The zero-order valence-electron chi connectivity index (χ0n) is 11.0. The van der Waals surface area contributed by atoms with Crippen LogP contribution >= 0.6 is 0 Å². The molecule has 0 saturated carbocycles. The third kappa shape index (κ3) is 3.20. The second-order valence-electron chi connectivity index (χ2n) is 4.45. The highest BCUT2D eigenvalue weighted by Gasteiger charge is 2.13. The van der Waals surface area contributed by atoms with Gasteiger partial charge in [-0.2, -0.15) is 0 Å². The maximum Gasteiger partial charge on any atom is 0.248 e. The topological polar surface area (TPSA) is 47.6 Å². The van der Waals surface area contributed by atoms with E-state index in [4.69, 9.17) is 9.47 Å². The Kier molecular flexibility index (Phi) is 3.55. The molecular formula is C16H12FNO3. The molecule has 0 radical (unpaired) electrons. The number of carbonyl (C=O) groups is 1. The zero-order chi connectivity index (χ0) is 14.7. The van der Waals surface area contributed by atoms with Gasteiger partial charge in [-0.25, -0.2) is 4.39 Å². The maximum atomic E-state index is 13.0. The van der Waals surface area contributed by atoms with Crippen molar-refractivity contribution in [3.8, 4) is 11.5 Å². The fraction of sp³-hybridized carbons (Fsp3) is 0.0625. The quantitative estimate of drug-likeness (QED) is 0.881. The molecule has 0 bridgehead atoms. The Bertz CT molecular complexity index is 712. The van der Waals surface area contributed by atoms with Gasteiger partial charge in [-0.1, -0.05) is 12.1 Å². The fourth-order valence-corrected chi connectivity index (χ4v) is 1.94. The van der Waals surface area contributed by atoms with Crippen LogP contribution in [0.5, 0.6) is 11.5 Å². The monoisotopic (exact) mass is 285 g/mol. The Labute approximate surface area is 120 Å². The lowest BCUT2D eigenvalue weighted by Crippen LogP contribution is -2.07. The number of hydrogen-bond acceptors (Lipinski definition) is 3. The van der Waals surface area contributed by atoms with Crippen LogP contribution in [-0.4, -0.2) is 12.7 Å². The average molecular weight is 285 g/mol. The third-order valence-electron chi connectivity index (χ3n) is 2.92. The van der Waals surface area contributed by atoms with Crippen molar-refractivity contribution in [1.82, 2.24) is 0 Å². The number of carbonyl (C=O) groups excluding carboxylic acids is 1. The van der Waals surface area contributed by atoms with Crippen molar-refractivity contribution in [2.24, 2.45) is 0 Å². The summed E-state index contributed by atoms with van der Waals surface area (Å²) < 4.78 is 23.4. The molecule has 4 nitrogen and oxygen atoms in total. The first-order valence-electron chi connectivity index (χ1n) is 6.35. The standard InChI is InChI=1S/C16H12FNO3/c17-12-3-1-2-11(8-12)4-7-16(19)18-13-5-6-14-15(9-13)21-10-20-14/h1-9H,10H2,(H,18,19). The van der Waals surface area contributed by atoms with Crippen LogP contribution in [-0.2, 0) is 4.79 Å². The molecule has 106 valence electrons. The van der Waals surface area contributed by atoms with Gasteiger partial charge in [-0.15, -0.1) is 0 Å². The molecule has 1 aliphatic rings. The number of anilines is 1. The first-order valence-corrected chi connectivity index (χ1v) is 6.35. The van der Waals surface area contributed by atoms with Crippen molar-refractivity contribution in [2.45, 2.75) is 0 Å². The predicted octanol–water partition coefficient (Wildman–Crippen LogP) is 3.21. The Morgan fingerprint density at radius 1 is 1.14 bits per heavy atom. The molecule has 1 aliphatic heterocycles. The normalized spacial score (nSPS) is 12.6. The van der Waals surface area contributed by atoms with Gasteiger partial charge in [0.2, 0.25) is 12.7 Å². The van der Waals surface area contributed by atoms with E-state index in [1.54, 1.807) is 36.4 Å². The van der Waals surface area contributed by atoms with Gasteiger partial charge >= 0.3 is 0 Å². The number of fused-ring (bicyclic) bond motifs is 1. The molecule has 5 heteroatoms. The number of halogens is 1. The predicted molar refractivity (Wildman–Crippen MR) is 76.6 cm³/mol. The average Bonchev–Trinajstić information content (AvgIpc) is 2.93. The van der Waals surface area contributed by atoms with Gasteiger partial charge in [0.25, 0.3) is 0 Å². The molecule has 2 aromatic rings. The molecule has 3 rings (SSSR count).